The number of aromatic nitrogens is 2. The summed E-state index contributed by atoms with van der Waals surface area (Å²) in [6, 6.07) is 1.92. The number of anilines is 2. The molecule has 1 aromatic heterocycles. The summed E-state index contributed by atoms with van der Waals surface area (Å²) in [6.07, 6.45) is 1.84. The molecular weight excluding hydrogens is 216 g/mol. The zero-order valence-electron chi connectivity index (χ0n) is 10.7. The average Bonchev–Trinajstić information content (AvgIpc) is 2.27. The Bertz CT molecular complexity index is 405. The van der Waals surface area contributed by atoms with Crippen molar-refractivity contribution in [2.75, 3.05) is 30.4 Å². The van der Waals surface area contributed by atoms with Crippen LogP contribution in [-0.4, -0.2) is 40.8 Å². The quantitative estimate of drug-likeness (QED) is 0.807. The van der Waals surface area contributed by atoms with Gasteiger partial charge in [-0.2, -0.15) is 0 Å². The number of hydrogen-bond acceptors (Lipinski definition) is 5. The zero-order valence-corrected chi connectivity index (χ0v) is 10.7. The Balaban J connectivity index is 2.24. The maximum absolute atomic E-state index is 10.1. The van der Waals surface area contributed by atoms with E-state index >= 15 is 0 Å². The molecule has 0 spiro atoms. The third-order valence-electron chi connectivity index (χ3n) is 3.08. The molecule has 5 heteroatoms. The molecule has 0 saturated carbocycles. The SMILES string of the molecule is CNc1cc(N2CCCC(C)(O)C2)nc(C)n1. The van der Waals surface area contributed by atoms with Crippen LogP contribution in [-0.2, 0) is 0 Å². The van der Waals surface area contributed by atoms with Gasteiger partial charge in [0.05, 0.1) is 5.60 Å². The summed E-state index contributed by atoms with van der Waals surface area (Å²) in [6.45, 7) is 5.33. The van der Waals surface area contributed by atoms with Gasteiger partial charge in [0.1, 0.15) is 17.5 Å². The standard InChI is InChI=1S/C12H20N4O/c1-9-14-10(13-3)7-11(15-9)16-6-4-5-12(2,17)8-16/h7,17H,4-6,8H2,1-3H3,(H,13,14,15). The van der Waals surface area contributed by atoms with E-state index in [-0.39, 0.29) is 0 Å². The minimum Gasteiger partial charge on any atom is -0.388 e. The van der Waals surface area contributed by atoms with Crippen LogP contribution >= 0.6 is 0 Å². The molecule has 1 aliphatic heterocycles. The normalized spacial score (nSPS) is 24.8. The van der Waals surface area contributed by atoms with Gasteiger partial charge in [-0.15, -0.1) is 0 Å². The van der Waals surface area contributed by atoms with E-state index in [0.717, 1.165) is 36.8 Å². The predicted molar refractivity (Wildman–Crippen MR) is 68.4 cm³/mol. The molecule has 1 fully saturated rings. The summed E-state index contributed by atoms with van der Waals surface area (Å²) in [5.41, 5.74) is -0.614. The molecule has 2 heterocycles. The highest BCUT2D eigenvalue weighted by molar-refractivity contribution is 5.49. The summed E-state index contributed by atoms with van der Waals surface area (Å²) >= 11 is 0. The van der Waals surface area contributed by atoms with Gasteiger partial charge in [0.15, 0.2) is 0 Å². The van der Waals surface area contributed by atoms with Gasteiger partial charge in [-0.05, 0) is 26.7 Å². The molecule has 1 aliphatic rings. The Hall–Kier alpha value is -1.36. The zero-order chi connectivity index (χ0) is 12.5. The van der Waals surface area contributed by atoms with Crippen molar-refractivity contribution in [2.24, 2.45) is 0 Å². The average molecular weight is 236 g/mol. The molecule has 0 aliphatic carbocycles. The monoisotopic (exact) mass is 236 g/mol. The minimum atomic E-state index is -0.614. The van der Waals surface area contributed by atoms with Crippen molar-refractivity contribution in [2.45, 2.75) is 32.3 Å². The van der Waals surface area contributed by atoms with Crippen LogP contribution in [0.25, 0.3) is 0 Å². The van der Waals surface area contributed by atoms with Gasteiger partial charge in [-0.3, -0.25) is 0 Å². The molecule has 1 aromatic rings. The fourth-order valence-electron chi connectivity index (χ4n) is 2.26. The third kappa shape index (κ3) is 2.85. The van der Waals surface area contributed by atoms with E-state index in [1.807, 2.05) is 27.0 Å². The van der Waals surface area contributed by atoms with Gasteiger partial charge in [-0.1, -0.05) is 0 Å². The summed E-state index contributed by atoms with van der Waals surface area (Å²) in [4.78, 5) is 10.8. The first kappa shape index (κ1) is 12.1. The number of β-amino-alcohol motifs (C(OH)–C–C–N with tert-alkyl or cyclic N) is 1. The first-order valence-electron chi connectivity index (χ1n) is 6.01. The van der Waals surface area contributed by atoms with Crippen molar-refractivity contribution in [3.63, 3.8) is 0 Å². The maximum atomic E-state index is 10.1. The second-order valence-electron chi connectivity index (χ2n) is 4.93. The van der Waals surface area contributed by atoms with Gasteiger partial charge in [0.25, 0.3) is 0 Å². The number of aliphatic hydroxyl groups is 1. The smallest absolute Gasteiger partial charge is 0.134 e. The highest BCUT2D eigenvalue weighted by Crippen LogP contribution is 2.25. The highest BCUT2D eigenvalue weighted by Gasteiger charge is 2.29. The van der Waals surface area contributed by atoms with Crippen molar-refractivity contribution in [1.29, 1.82) is 0 Å². The summed E-state index contributed by atoms with van der Waals surface area (Å²) in [7, 11) is 1.85. The summed E-state index contributed by atoms with van der Waals surface area (Å²) in [5, 5.41) is 13.1. The number of rotatable bonds is 2. The number of nitrogens with zero attached hydrogens (tertiary/aromatic N) is 3. The molecule has 17 heavy (non-hydrogen) atoms. The lowest BCUT2D eigenvalue weighted by molar-refractivity contribution is 0.0447. The van der Waals surface area contributed by atoms with Crippen LogP contribution in [0, 0.1) is 6.92 Å². The summed E-state index contributed by atoms with van der Waals surface area (Å²) < 4.78 is 0. The van der Waals surface area contributed by atoms with E-state index < -0.39 is 5.60 Å². The Labute approximate surface area is 102 Å². The Morgan fingerprint density at radius 2 is 2.24 bits per heavy atom. The number of piperidine rings is 1. The molecule has 2 rings (SSSR count). The van der Waals surface area contributed by atoms with Crippen LogP contribution in [0.2, 0.25) is 0 Å². The molecule has 1 saturated heterocycles. The van der Waals surface area contributed by atoms with Gasteiger partial charge in [0, 0.05) is 26.2 Å². The molecule has 1 unspecified atom stereocenters. The van der Waals surface area contributed by atoms with E-state index in [2.05, 4.69) is 20.2 Å². The van der Waals surface area contributed by atoms with Crippen LogP contribution < -0.4 is 10.2 Å². The van der Waals surface area contributed by atoms with Gasteiger partial charge in [0.2, 0.25) is 0 Å². The van der Waals surface area contributed by atoms with E-state index in [1.54, 1.807) is 0 Å². The van der Waals surface area contributed by atoms with Crippen molar-refractivity contribution < 1.29 is 5.11 Å². The Kier molecular flexibility index (Phi) is 3.19. The van der Waals surface area contributed by atoms with E-state index in [1.165, 1.54) is 0 Å². The van der Waals surface area contributed by atoms with Crippen molar-refractivity contribution in [3.8, 4) is 0 Å². The lowest BCUT2D eigenvalue weighted by Crippen LogP contribution is -2.46. The van der Waals surface area contributed by atoms with Crippen molar-refractivity contribution in [1.82, 2.24) is 9.97 Å². The highest BCUT2D eigenvalue weighted by atomic mass is 16.3. The molecule has 0 amide bonds. The second-order valence-corrected chi connectivity index (χ2v) is 4.93. The van der Waals surface area contributed by atoms with E-state index in [4.69, 9.17) is 0 Å². The van der Waals surface area contributed by atoms with E-state index in [9.17, 15) is 5.11 Å². The largest absolute Gasteiger partial charge is 0.388 e. The van der Waals surface area contributed by atoms with Crippen LogP contribution in [0.4, 0.5) is 11.6 Å². The predicted octanol–water partition coefficient (Wildman–Crippen LogP) is 1.18. The van der Waals surface area contributed by atoms with Crippen LogP contribution in [0.1, 0.15) is 25.6 Å². The van der Waals surface area contributed by atoms with E-state index in [0.29, 0.717) is 6.54 Å². The summed E-state index contributed by atoms with van der Waals surface area (Å²) in [5.74, 6) is 2.46. The first-order chi connectivity index (χ1) is 8.00. The molecule has 2 N–H and O–H groups in total. The van der Waals surface area contributed by atoms with Crippen LogP contribution in [0.15, 0.2) is 6.07 Å². The van der Waals surface area contributed by atoms with Gasteiger partial charge < -0.3 is 15.3 Å². The fourth-order valence-corrected chi connectivity index (χ4v) is 2.26. The molecule has 94 valence electrons. The molecule has 0 aromatic carbocycles. The Morgan fingerprint density at radius 1 is 1.47 bits per heavy atom. The Morgan fingerprint density at radius 3 is 2.88 bits per heavy atom. The maximum Gasteiger partial charge on any atom is 0.134 e. The van der Waals surface area contributed by atoms with Crippen LogP contribution in [0.5, 0.6) is 0 Å². The van der Waals surface area contributed by atoms with Crippen LogP contribution in [0.3, 0.4) is 0 Å². The molecule has 1 atom stereocenters. The lowest BCUT2D eigenvalue weighted by atomic mass is 9.95. The van der Waals surface area contributed by atoms with Gasteiger partial charge >= 0.3 is 0 Å². The fraction of sp³-hybridized carbons (Fsp3) is 0.667. The van der Waals surface area contributed by atoms with Gasteiger partial charge in [-0.25, -0.2) is 9.97 Å². The molecular formula is C12H20N4O. The van der Waals surface area contributed by atoms with Crippen molar-refractivity contribution >= 4 is 11.6 Å². The molecule has 5 nitrogen and oxygen atoms in total. The minimum absolute atomic E-state index is 0.614. The second kappa shape index (κ2) is 4.49. The number of hydrogen-bond donors (Lipinski definition) is 2. The van der Waals surface area contributed by atoms with Crippen molar-refractivity contribution in [3.05, 3.63) is 11.9 Å². The third-order valence-corrected chi connectivity index (χ3v) is 3.08. The topological polar surface area (TPSA) is 61.3 Å². The first-order valence-corrected chi connectivity index (χ1v) is 6.01. The molecule has 0 radical (unpaired) electrons. The lowest BCUT2D eigenvalue weighted by Gasteiger charge is -2.37. The number of nitrogens with one attached hydrogen (secondary N) is 1. The number of aryl methyl sites for hydroxylation is 1. The molecule has 0 bridgehead atoms.